The molecule has 0 radical (unpaired) electrons. The minimum absolute atomic E-state index is 0.427. The molecule has 3 nitrogen and oxygen atoms in total. The van der Waals surface area contributed by atoms with Crippen molar-refractivity contribution in [3.63, 3.8) is 0 Å². The third-order valence-corrected chi connectivity index (χ3v) is 3.73. The second-order valence-electron chi connectivity index (χ2n) is 4.70. The maximum atomic E-state index is 6.29. The van der Waals surface area contributed by atoms with E-state index >= 15 is 0 Å². The summed E-state index contributed by atoms with van der Waals surface area (Å²) in [4.78, 5) is 8.95. The zero-order valence-corrected chi connectivity index (χ0v) is 13.0. The summed E-state index contributed by atoms with van der Waals surface area (Å²) in [6.07, 6.45) is 0. The van der Waals surface area contributed by atoms with Crippen LogP contribution in [0.5, 0.6) is 5.75 Å². The average Bonchev–Trinajstić information content (AvgIpc) is 2.47. The van der Waals surface area contributed by atoms with Gasteiger partial charge in [-0.3, -0.25) is 0 Å². The number of halogens is 2. The minimum atomic E-state index is 0.427. The van der Waals surface area contributed by atoms with Gasteiger partial charge in [0.1, 0.15) is 10.9 Å². The summed E-state index contributed by atoms with van der Waals surface area (Å²) in [7, 11) is 1.58. The Morgan fingerprint density at radius 2 is 1.81 bits per heavy atom. The Kier molecular flexibility index (Phi) is 3.70. The van der Waals surface area contributed by atoms with Gasteiger partial charge in [0.2, 0.25) is 0 Å². The lowest BCUT2D eigenvalue weighted by Crippen LogP contribution is -1.95. The highest BCUT2D eigenvalue weighted by atomic mass is 35.5. The molecule has 3 rings (SSSR count). The standard InChI is InChI=1S/C16H12Cl2N2O/c1-9-3-6-13-12(7-9)15(18)20-16(19-13)11-5-4-10(17)8-14(11)21-2/h3-8H,1-2H3. The lowest BCUT2D eigenvalue weighted by molar-refractivity contribution is 0.416. The Bertz CT molecular complexity index is 834. The topological polar surface area (TPSA) is 35.0 Å². The molecule has 2 aromatic carbocycles. The van der Waals surface area contributed by atoms with E-state index in [4.69, 9.17) is 27.9 Å². The number of ether oxygens (including phenoxy) is 1. The normalized spacial score (nSPS) is 10.9. The predicted octanol–water partition coefficient (Wildman–Crippen LogP) is 4.92. The quantitative estimate of drug-likeness (QED) is 0.629. The minimum Gasteiger partial charge on any atom is -0.496 e. The van der Waals surface area contributed by atoms with Gasteiger partial charge in [-0.05, 0) is 37.3 Å². The lowest BCUT2D eigenvalue weighted by Gasteiger charge is -2.09. The third-order valence-electron chi connectivity index (χ3n) is 3.21. The van der Waals surface area contributed by atoms with E-state index in [1.54, 1.807) is 19.2 Å². The number of fused-ring (bicyclic) bond motifs is 1. The Labute approximate surface area is 132 Å². The van der Waals surface area contributed by atoms with Gasteiger partial charge in [-0.25, -0.2) is 9.97 Å². The second kappa shape index (κ2) is 5.51. The third kappa shape index (κ3) is 2.67. The predicted molar refractivity (Wildman–Crippen MR) is 86.3 cm³/mol. The van der Waals surface area contributed by atoms with Gasteiger partial charge < -0.3 is 4.74 Å². The Morgan fingerprint density at radius 3 is 2.57 bits per heavy atom. The van der Waals surface area contributed by atoms with Crippen LogP contribution in [0.4, 0.5) is 0 Å². The molecule has 21 heavy (non-hydrogen) atoms. The molecule has 0 aliphatic heterocycles. The molecular formula is C16H12Cl2N2O. The molecule has 0 aliphatic rings. The summed E-state index contributed by atoms with van der Waals surface area (Å²) in [5, 5.41) is 1.86. The fourth-order valence-corrected chi connectivity index (χ4v) is 2.57. The molecule has 0 unspecified atom stereocenters. The number of methoxy groups -OCH3 is 1. The Balaban J connectivity index is 2.24. The lowest BCUT2D eigenvalue weighted by atomic mass is 10.1. The smallest absolute Gasteiger partial charge is 0.165 e. The zero-order valence-electron chi connectivity index (χ0n) is 11.5. The molecule has 0 bridgehead atoms. The van der Waals surface area contributed by atoms with Crippen LogP contribution in [0, 0.1) is 6.92 Å². The molecule has 0 saturated heterocycles. The van der Waals surface area contributed by atoms with E-state index in [0.717, 1.165) is 22.0 Å². The molecule has 0 aliphatic carbocycles. The first-order valence-electron chi connectivity index (χ1n) is 6.36. The van der Waals surface area contributed by atoms with Gasteiger partial charge in [0, 0.05) is 10.4 Å². The molecular weight excluding hydrogens is 307 g/mol. The van der Waals surface area contributed by atoms with Crippen LogP contribution in [0.3, 0.4) is 0 Å². The van der Waals surface area contributed by atoms with Gasteiger partial charge in [0.15, 0.2) is 5.82 Å². The second-order valence-corrected chi connectivity index (χ2v) is 5.50. The number of aromatic nitrogens is 2. The van der Waals surface area contributed by atoms with Gasteiger partial charge in [0.25, 0.3) is 0 Å². The molecule has 3 aromatic rings. The van der Waals surface area contributed by atoms with Crippen molar-refractivity contribution >= 4 is 34.1 Å². The number of rotatable bonds is 2. The zero-order chi connectivity index (χ0) is 15.0. The fraction of sp³-hybridized carbons (Fsp3) is 0.125. The van der Waals surface area contributed by atoms with Crippen molar-refractivity contribution in [1.82, 2.24) is 9.97 Å². The van der Waals surface area contributed by atoms with E-state index in [1.165, 1.54) is 0 Å². The number of hydrogen-bond donors (Lipinski definition) is 0. The highest BCUT2D eigenvalue weighted by Crippen LogP contribution is 2.32. The molecule has 0 amide bonds. The monoisotopic (exact) mass is 318 g/mol. The van der Waals surface area contributed by atoms with Gasteiger partial charge >= 0.3 is 0 Å². The first kappa shape index (κ1) is 14.1. The van der Waals surface area contributed by atoms with Crippen LogP contribution >= 0.6 is 23.2 Å². The van der Waals surface area contributed by atoms with E-state index < -0.39 is 0 Å². The van der Waals surface area contributed by atoms with Gasteiger partial charge in [0.05, 0.1) is 18.2 Å². The SMILES string of the molecule is COc1cc(Cl)ccc1-c1nc(Cl)c2cc(C)ccc2n1. The van der Waals surface area contributed by atoms with Crippen molar-refractivity contribution in [2.45, 2.75) is 6.92 Å². The number of nitrogens with zero attached hydrogens (tertiary/aromatic N) is 2. The van der Waals surface area contributed by atoms with Crippen molar-refractivity contribution in [3.05, 3.63) is 52.1 Å². The van der Waals surface area contributed by atoms with Gasteiger partial charge in [-0.1, -0.05) is 34.8 Å². The molecule has 0 fully saturated rings. The Morgan fingerprint density at radius 1 is 1.00 bits per heavy atom. The van der Waals surface area contributed by atoms with Crippen LogP contribution in [0.1, 0.15) is 5.56 Å². The average molecular weight is 319 g/mol. The number of benzene rings is 2. The molecule has 1 aromatic heterocycles. The van der Waals surface area contributed by atoms with Crippen LogP contribution < -0.4 is 4.74 Å². The first-order chi connectivity index (χ1) is 10.1. The summed E-state index contributed by atoms with van der Waals surface area (Å²) in [6, 6.07) is 11.2. The maximum absolute atomic E-state index is 6.29. The fourth-order valence-electron chi connectivity index (χ4n) is 2.18. The van der Waals surface area contributed by atoms with Crippen molar-refractivity contribution in [2.24, 2.45) is 0 Å². The molecule has 0 spiro atoms. The first-order valence-corrected chi connectivity index (χ1v) is 7.12. The van der Waals surface area contributed by atoms with Crippen LogP contribution in [0.25, 0.3) is 22.3 Å². The Hall–Kier alpha value is -1.84. The van der Waals surface area contributed by atoms with Crippen LogP contribution in [-0.2, 0) is 0 Å². The van der Waals surface area contributed by atoms with E-state index in [0.29, 0.717) is 21.7 Å². The largest absolute Gasteiger partial charge is 0.496 e. The molecule has 106 valence electrons. The van der Waals surface area contributed by atoms with Gasteiger partial charge in [-0.15, -0.1) is 0 Å². The summed E-state index contributed by atoms with van der Waals surface area (Å²) in [6.45, 7) is 2.01. The van der Waals surface area contributed by atoms with Crippen molar-refractivity contribution < 1.29 is 4.74 Å². The number of aryl methyl sites for hydroxylation is 1. The van der Waals surface area contributed by atoms with Gasteiger partial charge in [-0.2, -0.15) is 0 Å². The van der Waals surface area contributed by atoms with Crippen molar-refractivity contribution in [3.8, 4) is 17.1 Å². The molecule has 0 atom stereocenters. The number of hydrogen-bond acceptors (Lipinski definition) is 3. The van der Waals surface area contributed by atoms with E-state index in [9.17, 15) is 0 Å². The highest BCUT2D eigenvalue weighted by molar-refractivity contribution is 6.34. The molecule has 1 heterocycles. The van der Waals surface area contributed by atoms with Crippen molar-refractivity contribution in [1.29, 1.82) is 0 Å². The molecule has 0 N–H and O–H groups in total. The van der Waals surface area contributed by atoms with E-state index in [-0.39, 0.29) is 0 Å². The summed E-state index contributed by atoms with van der Waals surface area (Å²) in [5.41, 5.74) is 2.67. The summed E-state index contributed by atoms with van der Waals surface area (Å²) >= 11 is 12.3. The van der Waals surface area contributed by atoms with Crippen LogP contribution in [0.2, 0.25) is 10.2 Å². The summed E-state index contributed by atoms with van der Waals surface area (Å²) in [5.74, 6) is 1.13. The van der Waals surface area contributed by atoms with Crippen molar-refractivity contribution in [2.75, 3.05) is 7.11 Å². The van der Waals surface area contributed by atoms with Crippen LogP contribution in [-0.4, -0.2) is 17.1 Å². The van der Waals surface area contributed by atoms with Crippen LogP contribution in [0.15, 0.2) is 36.4 Å². The van der Waals surface area contributed by atoms with E-state index in [1.807, 2.05) is 31.2 Å². The summed E-state index contributed by atoms with van der Waals surface area (Å²) < 4.78 is 5.34. The van der Waals surface area contributed by atoms with E-state index in [2.05, 4.69) is 9.97 Å². The highest BCUT2D eigenvalue weighted by Gasteiger charge is 2.12. The maximum Gasteiger partial charge on any atom is 0.165 e. The molecule has 0 saturated carbocycles. The molecule has 5 heteroatoms.